The number of amides is 3. The van der Waals surface area contributed by atoms with Crippen LogP contribution in [-0.2, 0) is 4.74 Å². The molecule has 0 bridgehead atoms. The summed E-state index contributed by atoms with van der Waals surface area (Å²) in [6.07, 6.45) is 6.76. The quantitative estimate of drug-likeness (QED) is 0.779. The van der Waals surface area contributed by atoms with Crippen molar-refractivity contribution in [3.05, 3.63) is 23.2 Å². The molecular weight excluding hydrogens is 394 g/mol. The molecule has 2 saturated heterocycles. The Balaban J connectivity index is 1.33. The van der Waals surface area contributed by atoms with Crippen molar-refractivity contribution >= 4 is 29.4 Å². The van der Waals surface area contributed by atoms with Gasteiger partial charge >= 0.3 is 12.1 Å². The summed E-state index contributed by atoms with van der Waals surface area (Å²) in [5.74, 6) is 0.565. The largest absolute Gasteiger partial charge is 0.495 e. The fourth-order valence-electron chi connectivity index (χ4n) is 4.74. The predicted octanol–water partition coefficient (Wildman–Crippen LogP) is 4.50. The van der Waals surface area contributed by atoms with Gasteiger partial charge in [-0.3, -0.25) is 0 Å². The normalized spacial score (nSPS) is 21.9. The van der Waals surface area contributed by atoms with Crippen molar-refractivity contribution in [2.24, 2.45) is 0 Å². The number of urea groups is 1. The highest BCUT2D eigenvalue weighted by molar-refractivity contribution is 6.31. The van der Waals surface area contributed by atoms with Gasteiger partial charge < -0.3 is 24.6 Å². The lowest BCUT2D eigenvalue weighted by atomic mass is 9.84. The smallest absolute Gasteiger partial charge is 0.410 e. The molecule has 158 valence electrons. The van der Waals surface area contributed by atoms with Crippen molar-refractivity contribution in [2.45, 2.75) is 56.6 Å². The second-order valence-electron chi connectivity index (χ2n) is 8.23. The molecule has 1 aromatic carbocycles. The number of halogens is 1. The Kier molecular flexibility index (Phi) is 5.76. The number of benzene rings is 1. The second kappa shape index (κ2) is 8.30. The molecule has 3 amide bonds. The lowest BCUT2D eigenvalue weighted by Crippen LogP contribution is -2.49. The van der Waals surface area contributed by atoms with E-state index in [0.29, 0.717) is 36.1 Å². The van der Waals surface area contributed by atoms with E-state index in [-0.39, 0.29) is 23.8 Å². The standard InChI is InChI=1S/C21H28ClN3O4/c1-28-18-6-5-15(22)13-17(18)23-19(26)24-11-7-16(8-12-24)25-14-21(29-20(25)27)9-3-2-4-10-21/h5-6,13,16H,2-4,7-12,14H2,1H3,(H,23,26). The molecule has 29 heavy (non-hydrogen) atoms. The summed E-state index contributed by atoms with van der Waals surface area (Å²) in [5, 5.41) is 3.42. The number of hydrogen-bond acceptors (Lipinski definition) is 4. The second-order valence-corrected chi connectivity index (χ2v) is 8.67. The molecular formula is C21H28ClN3O4. The first kappa shape index (κ1) is 20.1. The highest BCUT2D eigenvalue weighted by Gasteiger charge is 2.48. The molecule has 0 atom stereocenters. The van der Waals surface area contributed by atoms with E-state index in [0.717, 1.165) is 38.5 Å². The van der Waals surface area contributed by atoms with Gasteiger partial charge in [0.1, 0.15) is 11.4 Å². The zero-order valence-corrected chi connectivity index (χ0v) is 17.5. The Morgan fingerprint density at radius 3 is 2.66 bits per heavy atom. The number of hydrogen-bond donors (Lipinski definition) is 1. The number of carbonyl (C=O) groups is 2. The van der Waals surface area contributed by atoms with Gasteiger partial charge in [-0.15, -0.1) is 0 Å². The summed E-state index contributed by atoms with van der Waals surface area (Å²) < 4.78 is 11.1. The van der Waals surface area contributed by atoms with E-state index in [4.69, 9.17) is 21.1 Å². The van der Waals surface area contributed by atoms with E-state index >= 15 is 0 Å². The third kappa shape index (κ3) is 4.25. The van der Waals surface area contributed by atoms with Crippen molar-refractivity contribution in [3.63, 3.8) is 0 Å². The summed E-state index contributed by atoms with van der Waals surface area (Å²) in [6, 6.07) is 5.07. The Morgan fingerprint density at radius 1 is 1.24 bits per heavy atom. The van der Waals surface area contributed by atoms with Gasteiger partial charge in [0.25, 0.3) is 0 Å². The minimum Gasteiger partial charge on any atom is -0.495 e. The molecule has 8 heteroatoms. The third-order valence-corrected chi connectivity index (χ3v) is 6.59. The minimum absolute atomic E-state index is 0.133. The van der Waals surface area contributed by atoms with E-state index < -0.39 is 0 Å². The average Bonchev–Trinajstić information content (AvgIpc) is 3.04. The summed E-state index contributed by atoms with van der Waals surface area (Å²) in [6.45, 7) is 1.88. The highest BCUT2D eigenvalue weighted by atomic mass is 35.5. The molecule has 0 unspecified atom stereocenters. The molecule has 0 radical (unpaired) electrons. The zero-order valence-electron chi connectivity index (χ0n) is 16.8. The van der Waals surface area contributed by atoms with Crippen LogP contribution in [-0.4, -0.2) is 60.3 Å². The number of likely N-dealkylation sites (tertiary alicyclic amines) is 1. The molecule has 1 spiro atoms. The molecule has 7 nitrogen and oxygen atoms in total. The van der Waals surface area contributed by atoms with Gasteiger partial charge in [0, 0.05) is 24.2 Å². The Morgan fingerprint density at radius 2 is 1.97 bits per heavy atom. The van der Waals surface area contributed by atoms with Crippen molar-refractivity contribution in [1.82, 2.24) is 9.80 Å². The molecule has 1 saturated carbocycles. The monoisotopic (exact) mass is 421 g/mol. The maximum absolute atomic E-state index is 12.7. The molecule has 2 heterocycles. The van der Waals surface area contributed by atoms with Crippen LogP contribution in [0.3, 0.4) is 0 Å². The Bertz CT molecular complexity index is 773. The van der Waals surface area contributed by atoms with E-state index in [1.165, 1.54) is 6.42 Å². The summed E-state index contributed by atoms with van der Waals surface area (Å²) in [4.78, 5) is 28.9. The van der Waals surface area contributed by atoms with Crippen LogP contribution in [0.25, 0.3) is 0 Å². The first-order valence-electron chi connectivity index (χ1n) is 10.4. The van der Waals surface area contributed by atoms with Crippen molar-refractivity contribution < 1.29 is 19.1 Å². The molecule has 1 aliphatic carbocycles. The summed E-state index contributed by atoms with van der Waals surface area (Å²) in [5.41, 5.74) is 0.280. The van der Waals surface area contributed by atoms with Crippen molar-refractivity contribution in [1.29, 1.82) is 0 Å². The highest BCUT2D eigenvalue weighted by Crippen LogP contribution is 2.38. The Labute approximate surface area is 176 Å². The molecule has 0 aromatic heterocycles. The summed E-state index contributed by atoms with van der Waals surface area (Å²) >= 11 is 6.04. The lowest BCUT2D eigenvalue weighted by Gasteiger charge is -2.36. The first-order valence-corrected chi connectivity index (χ1v) is 10.8. The van der Waals surface area contributed by atoms with Crippen LogP contribution in [0, 0.1) is 0 Å². The van der Waals surface area contributed by atoms with Crippen LogP contribution in [0.5, 0.6) is 5.75 Å². The van der Waals surface area contributed by atoms with Crippen LogP contribution < -0.4 is 10.1 Å². The van der Waals surface area contributed by atoms with E-state index in [1.807, 2.05) is 4.90 Å². The minimum atomic E-state index is -0.271. The van der Waals surface area contributed by atoms with Crippen LogP contribution in [0.1, 0.15) is 44.9 Å². The van der Waals surface area contributed by atoms with Gasteiger partial charge in [-0.2, -0.15) is 0 Å². The van der Waals surface area contributed by atoms with Gasteiger partial charge in [-0.25, -0.2) is 9.59 Å². The number of methoxy groups -OCH3 is 1. The number of rotatable bonds is 3. The molecule has 1 N–H and O–H groups in total. The van der Waals surface area contributed by atoms with Crippen LogP contribution in [0.2, 0.25) is 5.02 Å². The lowest BCUT2D eigenvalue weighted by molar-refractivity contribution is 0.0259. The van der Waals surface area contributed by atoms with Gasteiger partial charge in [-0.05, 0) is 56.7 Å². The molecule has 3 fully saturated rings. The van der Waals surface area contributed by atoms with Gasteiger partial charge in [0.05, 0.1) is 19.3 Å². The van der Waals surface area contributed by atoms with Crippen LogP contribution in [0.15, 0.2) is 18.2 Å². The maximum Gasteiger partial charge on any atom is 0.410 e. The number of anilines is 1. The predicted molar refractivity (Wildman–Crippen MR) is 111 cm³/mol. The topological polar surface area (TPSA) is 71.1 Å². The van der Waals surface area contributed by atoms with Crippen molar-refractivity contribution in [2.75, 3.05) is 32.1 Å². The number of ether oxygens (including phenoxy) is 2. The van der Waals surface area contributed by atoms with E-state index in [2.05, 4.69) is 5.32 Å². The molecule has 4 rings (SSSR count). The van der Waals surface area contributed by atoms with Crippen LogP contribution in [0.4, 0.5) is 15.3 Å². The number of nitrogens with one attached hydrogen (secondary N) is 1. The fourth-order valence-corrected chi connectivity index (χ4v) is 4.91. The van der Waals surface area contributed by atoms with Gasteiger partial charge in [0.2, 0.25) is 0 Å². The third-order valence-electron chi connectivity index (χ3n) is 6.36. The molecule has 3 aliphatic rings. The van der Waals surface area contributed by atoms with Gasteiger partial charge in [-0.1, -0.05) is 18.0 Å². The molecule has 1 aromatic rings. The SMILES string of the molecule is COc1ccc(Cl)cc1NC(=O)N1CCC(N2CC3(CCCCC3)OC2=O)CC1. The van der Waals surface area contributed by atoms with Gasteiger partial charge in [0.15, 0.2) is 0 Å². The van der Waals surface area contributed by atoms with Crippen LogP contribution >= 0.6 is 11.6 Å². The first-order chi connectivity index (χ1) is 14.0. The zero-order chi connectivity index (χ0) is 20.4. The van der Waals surface area contributed by atoms with Crippen molar-refractivity contribution in [3.8, 4) is 5.75 Å². The fraction of sp³-hybridized carbons (Fsp3) is 0.619. The molecule has 2 aliphatic heterocycles. The number of piperidine rings is 1. The van der Waals surface area contributed by atoms with E-state index in [9.17, 15) is 9.59 Å². The average molecular weight is 422 g/mol. The summed E-state index contributed by atoms with van der Waals surface area (Å²) in [7, 11) is 1.55. The number of carbonyl (C=O) groups excluding carboxylic acids is 2. The van der Waals surface area contributed by atoms with E-state index in [1.54, 1.807) is 30.2 Å². The number of nitrogens with zero attached hydrogens (tertiary/aromatic N) is 2. The Hall–Kier alpha value is -2.15. The maximum atomic E-state index is 12.7.